The Hall–Kier alpha value is -2.90. The van der Waals surface area contributed by atoms with E-state index in [2.05, 4.69) is 0 Å². The zero-order valence-electron chi connectivity index (χ0n) is 12.8. The number of nitrogens with zero attached hydrogens (tertiary/aromatic N) is 1. The van der Waals surface area contributed by atoms with Crippen molar-refractivity contribution >= 4 is 29.1 Å². The molecule has 3 rings (SSSR count). The SMILES string of the molecule is O=C(/C=C/c1cc(Cl)cc2c1OCOC2)c1cc([N+](=O)[O-])ccc1O. The Morgan fingerprint density at radius 1 is 1.32 bits per heavy atom. The molecule has 2 aromatic rings. The van der Waals surface area contributed by atoms with Crippen LogP contribution in [0.4, 0.5) is 5.69 Å². The number of benzene rings is 2. The van der Waals surface area contributed by atoms with Gasteiger partial charge in [0.25, 0.3) is 5.69 Å². The van der Waals surface area contributed by atoms with Crippen molar-refractivity contribution < 1.29 is 24.3 Å². The minimum Gasteiger partial charge on any atom is -0.507 e. The minimum absolute atomic E-state index is 0.0923. The van der Waals surface area contributed by atoms with Crippen LogP contribution in [0.3, 0.4) is 0 Å². The van der Waals surface area contributed by atoms with E-state index in [9.17, 15) is 20.0 Å². The van der Waals surface area contributed by atoms with Crippen LogP contribution in [-0.2, 0) is 11.3 Å². The third-order valence-electron chi connectivity index (χ3n) is 3.57. The van der Waals surface area contributed by atoms with Crippen molar-refractivity contribution in [1.29, 1.82) is 0 Å². The average molecular weight is 362 g/mol. The van der Waals surface area contributed by atoms with Crippen LogP contribution >= 0.6 is 11.6 Å². The van der Waals surface area contributed by atoms with Crippen LogP contribution in [0.15, 0.2) is 36.4 Å². The lowest BCUT2D eigenvalue weighted by molar-refractivity contribution is -0.384. The molecule has 1 aliphatic rings. The maximum absolute atomic E-state index is 12.3. The lowest BCUT2D eigenvalue weighted by atomic mass is 10.0. The van der Waals surface area contributed by atoms with Crippen molar-refractivity contribution in [3.8, 4) is 11.5 Å². The highest BCUT2D eigenvalue weighted by Gasteiger charge is 2.17. The van der Waals surface area contributed by atoms with Crippen LogP contribution in [0.5, 0.6) is 11.5 Å². The van der Waals surface area contributed by atoms with E-state index in [1.54, 1.807) is 12.1 Å². The van der Waals surface area contributed by atoms with Gasteiger partial charge in [-0.25, -0.2) is 0 Å². The second kappa shape index (κ2) is 6.92. The zero-order valence-corrected chi connectivity index (χ0v) is 13.5. The molecule has 1 N–H and O–H groups in total. The largest absolute Gasteiger partial charge is 0.507 e. The number of hydrogen-bond donors (Lipinski definition) is 1. The topological polar surface area (TPSA) is 98.9 Å². The zero-order chi connectivity index (χ0) is 18.0. The van der Waals surface area contributed by atoms with Gasteiger partial charge in [0, 0.05) is 28.3 Å². The normalized spacial score (nSPS) is 13.3. The highest BCUT2D eigenvalue weighted by molar-refractivity contribution is 6.30. The molecular formula is C17H12ClNO6. The van der Waals surface area contributed by atoms with Crippen molar-refractivity contribution in [2.75, 3.05) is 6.79 Å². The maximum Gasteiger partial charge on any atom is 0.270 e. The molecule has 0 bridgehead atoms. The second-order valence-corrected chi connectivity index (χ2v) is 5.69. The van der Waals surface area contributed by atoms with E-state index < -0.39 is 10.7 Å². The number of phenols is 1. The number of fused-ring (bicyclic) bond motifs is 1. The van der Waals surface area contributed by atoms with Gasteiger partial charge in [-0.15, -0.1) is 0 Å². The number of allylic oxidation sites excluding steroid dienone is 1. The Morgan fingerprint density at radius 2 is 2.12 bits per heavy atom. The van der Waals surface area contributed by atoms with Crippen molar-refractivity contribution in [2.45, 2.75) is 6.61 Å². The molecule has 0 aliphatic carbocycles. The molecule has 2 aromatic carbocycles. The van der Waals surface area contributed by atoms with Gasteiger partial charge in [-0.1, -0.05) is 11.6 Å². The molecule has 0 saturated carbocycles. The summed E-state index contributed by atoms with van der Waals surface area (Å²) >= 11 is 6.05. The first kappa shape index (κ1) is 16.9. The number of aromatic hydroxyl groups is 1. The van der Waals surface area contributed by atoms with E-state index in [4.69, 9.17) is 21.1 Å². The van der Waals surface area contributed by atoms with Gasteiger partial charge in [0.05, 0.1) is 17.1 Å². The first-order valence-electron chi connectivity index (χ1n) is 7.18. The smallest absolute Gasteiger partial charge is 0.270 e. The van der Waals surface area contributed by atoms with Crippen LogP contribution < -0.4 is 4.74 Å². The van der Waals surface area contributed by atoms with E-state index in [-0.39, 0.29) is 23.8 Å². The highest BCUT2D eigenvalue weighted by atomic mass is 35.5. The first-order chi connectivity index (χ1) is 12.0. The Balaban J connectivity index is 1.93. The third kappa shape index (κ3) is 3.62. The van der Waals surface area contributed by atoms with Crippen molar-refractivity contribution in [1.82, 2.24) is 0 Å². The number of nitro groups is 1. The van der Waals surface area contributed by atoms with Crippen molar-refractivity contribution in [3.05, 3.63) is 68.2 Å². The molecule has 25 heavy (non-hydrogen) atoms. The molecule has 0 radical (unpaired) electrons. The standard InChI is InChI=1S/C17H12ClNO6/c18-12-5-10(17-11(6-12)8-24-9-25-17)1-3-15(20)14-7-13(19(22)23)2-4-16(14)21/h1-7,21H,8-9H2/b3-1+. The molecule has 0 atom stereocenters. The van der Waals surface area contributed by atoms with Gasteiger partial charge in [0.15, 0.2) is 12.6 Å². The molecule has 0 amide bonds. The Kier molecular flexibility index (Phi) is 4.69. The molecule has 7 nitrogen and oxygen atoms in total. The number of nitro benzene ring substituents is 1. The third-order valence-corrected chi connectivity index (χ3v) is 3.79. The fourth-order valence-corrected chi connectivity index (χ4v) is 2.67. The Morgan fingerprint density at radius 3 is 2.88 bits per heavy atom. The molecular weight excluding hydrogens is 350 g/mol. The predicted molar refractivity (Wildman–Crippen MR) is 89.9 cm³/mol. The molecule has 0 aromatic heterocycles. The number of phenolic OH excluding ortho intramolecular Hbond substituents is 1. The van der Waals surface area contributed by atoms with E-state index in [0.29, 0.717) is 22.9 Å². The molecule has 0 saturated heterocycles. The van der Waals surface area contributed by atoms with Crippen LogP contribution in [0.25, 0.3) is 6.08 Å². The van der Waals surface area contributed by atoms with Gasteiger partial charge < -0.3 is 14.6 Å². The Labute approximate surface area is 147 Å². The molecule has 0 spiro atoms. The number of ketones is 1. The number of carbonyl (C=O) groups excluding carboxylic acids is 1. The monoisotopic (exact) mass is 361 g/mol. The predicted octanol–water partition coefficient (Wildman–Crippen LogP) is 3.72. The number of carbonyl (C=O) groups is 1. The number of rotatable bonds is 4. The number of non-ortho nitro benzene ring substituents is 1. The highest BCUT2D eigenvalue weighted by Crippen LogP contribution is 2.33. The quantitative estimate of drug-likeness (QED) is 0.385. The summed E-state index contributed by atoms with van der Waals surface area (Å²) in [7, 11) is 0. The van der Waals surface area contributed by atoms with Crippen LogP contribution in [0, 0.1) is 10.1 Å². The van der Waals surface area contributed by atoms with E-state index >= 15 is 0 Å². The lowest BCUT2D eigenvalue weighted by Crippen LogP contribution is -2.12. The van der Waals surface area contributed by atoms with Gasteiger partial charge in [-0.3, -0.25) is 14.9 Å². The number of hydrogen-bond acceptors (Lipinski definition) is 6. The van der Waals surface area contributed by atoms with E-state index in [1.807, 2.05) is 0 Å². The van der Waals surface area contributed by atoms with Gasteiger partial charge in [0.1, 0.15) is 11.5 Å². The second-order valence-electron chi connectivity index (χ2n) is 5.25. The van der Waals surface area contributed by atoms with Gasteiger partial charge in [-0.2, -0.15) is 0 Å². The number of ether oxygens (including phenoxy) is 2. The molecule has 0 fully saturated rings. The lowest BCUT2D eigenvalue weighted by Gasteiger charge is -2.19. The van der Waals surface area contributed by atoms with Gasteiger partial charge in [0.2, 0.25) is 0 Å². The van der Waals surface area contributed by atoms with Crippen molar-refractivity contribution in [3.63, 3.8) is 0 Å². The van der Waals surface area contributed by atoms with Crippen LogP contribution in [0.1, 0.15) is 21.5 Å². The van der Waals surface area contributed by atoms with Crippen LogP contribution in [-0.4, -0.2) is 22.6 Å². The summed E-state index contributed by atoms with van der Waals surface area (Å²) in [6.07, 6.45) is 2.68. The fraction of sp³-hybridized carbons (Fsp3) is 0.118. The summed E-state index contributed by atoms with van der Waals surface area (Å²) < 4.78 is 10.6. The summed E-state index contributed by atoms with van der Waals surface area (Å²) in [5.74, 6) is -0.358. The van der Waals surface area contributed by atoms with Gasteiger partial charge in [-0.05, 0) is 30.4 Å². The molecule has 128 valence electrons. The molecule has 1 heterocycles. The summed E-state index contributed by atoms with van der Waals surface area (Å²) in [4.78, 5) is 22.5. The first-order valence-corrected chi connectivity index (χ1v) is 7.56. The summed E-state index contributed by atoms with van der Waals surface area (Å²) in [6.45, 7) is 0.436. The van der Waals surface area contributed by atoms with Crippen molar-refractivity contribution in [2.24, 2.45) is 0 Å². The molecule has 1 aliphatic heterocycles. The fourth-order valence-electron chi connectivity index (χ4n) is 2.42. The summed E-state index contributed by atoms with van der Waals surface area (Å²) in [6, 6.07) is 6.60. The van der Waals surface area contributed by atoms with Gasteiger partial charge >= 0.3 is 0 Å². The summed E-state index contributed by atoms with van der Waals surface area (Å²) in [5.41, 5.74) is 0.883. The summed E-state index contributed by atoms with van der Waals surface area (Å²) in [5, 5.41) is 21.1. The average Bonchev–Trinajstić information content (AvgIpc) is 2.59. The van der Waals surface area contributed by atoms with E-state index in [1.165, 1.54) is 12.2 Å². The van der Waals surface area contributed by atoms with Crippen LogP contribution in [0.2, 0.25) is 5.02 Å². The maximum atomic E-state index is 12.3. The number of halogens is 1. The van der Waals surface area contributed by atoms with E-state index in [0.717, 1.165) is 23.8 Å². The molecule has 0 unspecified atom stereocenters. The Bertz CT molecular complexity index is 893. The molecule has 8 heteroatoms. The minimum atomic E-state index is -0.638.